The molecule has 0 saturated carbocycles. The fourth-order valence-electron chi connectivity index (χ4n) is 3.99. The van der Waals surface area contributed by atoms with Gasteiger partial charge in [-0.15, -0.1) is 0 Å². The van der Waals surface area contributed by atoms with E-state index in [-0.39, 0.29) is 37.7 Å². The zero-order valence-corrected chi connectivity index (χ0v) is 19.4. The molecular formula is C24H35N3O5. The Hall–Kier alpha value is -2.61. The van der Waals surface area contributed by atoms with Crippen molar-refractivity contribution in [3.8, 4) is 0 Å². The first-order chi connectivity index (χ1) is 15.2. The van der Waals surface area contributed by atoms with E-state index in [4.69, 9.17) is 9.47 Å². The fourth-order valence-corrected chi connectivity index (χ4v) is 3.99. The summed E-state index contributed by atoms with van der Waals surface area (Å²) in [6.07, 6.45) is 1.46. The Labute approximate surface area is 190 Å². The van der Waals surface area contributed by atoms with E-state index in [0.717, 1.165) is 18.4 Å². The molecule has 0 atom stereocenters. The molecule has 8 heteroatoms. The Kier molecular flexibility index (Phi) is 8.12. The summed E-state index contributed by atoms with van der Waals surface area (Å²) in [6, 6.07) is 9.55. The average Bonchev–Trinajstić information content (AvgIpc) is 2.74. The molecule has 0 bridgehead atoms. The van der Waals surface area contributed by atoms with Crippen LogP contribution >= 0.6 is 0 Å². The number of amides is 2. The molecule has 2 saturated heterocycles. The summed E-state index contributed by atoms with van der Waals surface area (Å²) in [5.74, 6) is 0.103. The topological polar surface area (TPSA) is 79.4 Å². The van der Waals surface area contributed by atoms with E-state index in [1.54, 1.807) is 4.90 Å². The number of ether oxygens (including phenoxy) is 2. The van der Waals surface area contributed by atoms with Crippen LogP contribution in [0.25, 0.3) is 0 Å². The zero-order chi connectivity index (χ0) is 23.1. The van der Waals surface area contributed by atoms with Crippen LogP contribution in [-0.2, 0) is 25.7 Å². The molecule has 0 aliphatic carbocycles. The number of hydrogen-bond donors (Lipinski definition) is 0. The number of nitrogens with zero attached hydrogens (tertiary/aromatic N) is 3. The summed E-state index contributed by atoms with van der Waals surface area (Å²) in [5.41, 5.74) is 0.452. The highest BCUT2D eigenvalue weighted by Crippen LogP contribution is 2.21. The summed E-state index contributed by atoms with van der Waals surface area (Å²) in [7, 11) is 0. The van der Waals surface area contributed by atoms with Crippen molar-refractivity contribution >= 4 is 18.0 Å². The van der Waals surface area contributed by atoms with Crippen molar-refractivity contribution < 1.29 is 23.9 Å². The molecule has 0 spiro atoms. The molecule has 2 aliphatic rings. The molecule has 8 nitrogen and oxygen atoms in total. The highest BCUT2D eigenvalue weighted by molar-refractivity contribution is 5.80. The largest absolute Gasteiger partial charge is 0.460 e. The lowest BCUT2D eigenvalue weighted by Crippen LogP contribution is -2.53. The van der Waals surface area contributed by atoms with Crippen LogP contribution in [0.15, 0.2) is 30.3 Å². The highest BCUT2D eigenvalue weighted by Gasteiger charge is 2.31. The van der Waals surface area contributed by atoms with Gasteiger partial charge in [-0.2, -0.15) is 0 Å². The molecule has 2 fully saturated rings. The SMILES string of the molecule is CC(C)(C)OC(=O)N1CCC(CN2CCN(CC(=O)OCc3ccccc3)CC2=O)CC1. The molecular weight excluding hydrogens is 410 g/mol. The van der Waals surface area contributed by atoms with E-state index >= 15 is 0 Å². The number of carbonyl (C=O) groups is 3. The highest BCUT2D eigenvalue weighted by atomic mass is 16.6. The van der Waals surface area contributed by atoms with Crippen LogP contribution < -0.4 is 0 Å². The second-order valence-electron chi connectivity index (χ2n) is 9.61. The predicted octanol–water partition coefficient (Wildman–Crippen LogP) is 2.52. The molecule has 176 valence electrons. The third-order valence-corrected chi connectivity index (χ3v) is 5.74. The van der Waals surface area contributed by atoms with Gasteiger partial charge in [0.25, 0.3) is 0 Å². The number of benzene rings is 1. The van der Waals surface area contributed by atoms with Gasteiger partial charge < -0.3 is 19.3 Å². The fraction of sp³-hybridized carbons (Fsp3) is 0.625. The van der Waals surface area contributed by atoms with Gasteiger partial charge in [-0.3, -0.25) is 14.5 Å². The van der Waals surface area contributed by atoms with Crippen molar-refractivity contribution in [2.24, 2.45) is 5.92 Å². The summed E-state index contributed by atoms with van der Waals surface area (Å²) in [4.78, 5) is 42.4. The third-order valence-electron chi connectivity index (χ3n) is 5.74. The van der Waals surface area contributed by atoms with Gasteiger partial charge in [0.1, 0.15) is 12.2 Å². The Morgan fingerprint density at radius 3 is 2.34 bits per heavy atom. The smallest absolute Gasteiger partial charge is 0.410 e. The first-order valence-corrected chi connectivity index (χ1v) is 11.4. The van der Waals surface area contributed by atoms with Crippen molar-refractivity contribution in [1.82, 2.24) is 14.7 Å². The maximum Gasteiger partial charge on any atom is 0.410 e. The number of likely N-dealkylation sites (tertiary alicyclic amines) is 1. The zero-order valence-electron chi connectivity index (χ0n) is 19.4. The number of piperidine rings is 1. The van der Waals surface area contributed by atoms with E-state index < -0.39 is 5.60 Å². The molecule has 1 aromatic rings. The molecule has 0 N–H and O–H groups in total. The lowest BCUT2D eigenvalue weighted by molar-refractivity contribution is -0.148. The molecule has 2 heterocycles. The van der Waals surface area contributed by atoms with Gasteiger partial charge in [0.05, 0.1) is 13.1 Å². The maximum absolute atomic E-state index is 12.6. The Balaban J connectivity index is 1.35. The number of carbonyl (C=O) groups excluding carboxylic acids is 3. The molecule has 3 rings (SSSR count). The summed E-state index contributed by atoms with van der Waals surface area (Å²) in [6.45, 7) is 9.48. The minimum absolute atomic E-state index is 0.0432. The van der Waals surface area contributed by atoms with Gasteiger partial charge in [-0.05, 0) is 45.1 Å². The van der Waals surface area contributed by atoms with Gasteiger partial charge in [0.15, 0.2) is 0 Å². The Bertz CT molecular complexity index is 785. The van der Waals surface area contributed by atoms with Gasteiger partial charge in [0, 0.05) is 32.7 Å². The van der Waals surface area contributed by atoms with Gasteiger partial charge in [-0.25, -0.2) is 4.79 Å². The minimum atomic E-state index is -0.492. The molecule has 2 amide bonds. The van der Waals surface area contributed by atoms with Crippen LogP contribution in [0.1, 0.15) is 39.2 Å². The summed E-state index contributed by atoms with van der Waals surface area (Å²) >= 11 is 0. The molecule has 0 aromatic heterocycles. The molecule has 32 heavy (non-hydrogen) atoms. The van der Waals surface area contributed by atoms with Crippen LogP contribution in [0.2, 0.25) is 0 Å². The Morgan fingerprint density at radius 1 is 1.03 bits per heavy atom. The van der Waals surface area contributed by atoms with E-state index in [9.17, 15) is 14.4 Å². The lowest BCUT2D eigenvalue weighted by Gasteiger charge is -2.38. The minimum Gasteiger partial charge on any atom is -0.460 e. The molecule has 0 radical (unpaired) electrons. The first-order valence-electron chi connectivity index (χ1n) is 11.4. The van der Waals surface area contributed by atoms with E-state index in [1.165, 1.54) is 0 Å². The number of rotatable bonds is 6. The lowest BCUT2D eigenvalue weighted by atomic mass is 9.96. The third kappa shape index (κ3) is 7.51. The van der Waals surface area contributed by atoms with Crippen LogP contribution in [-0.4, -0.2) is 84.1 Å². The monoisotopic (exact) mass is 445 g/mol. The summed E-state index contributed by atoms with van der Waals surface area (Å²) < 4.78 is 10.8. The predicted molar refractivity (Wildman–Crippen MR) is 120 cm³/mol. The van der Waals surface area contributed by atoms with Crippen molar-refractivity contribution in [2.45, 2.75) is 45.8 Å². The normalized spacial score (nSPS) is 18.5. The average molecular weight is 446 g/mol. The first kappa shape index (κ1) is 24.0. The van der Waals surface area contributed by atoms with Crippen LogP contribution in [0, 0.1) is 5.92 Å². The second kappa shape index (κ2) is 10.8. The van der Waals surface area contributed by atoms with E-state index in [2.05, 4.69) is 0 Å². The van der Waals surface area contributed by atoms with Crippen LogP contribution in [0.4, 0.5) is 4.79 Å². The molecule has 0 unspecified atom stereocenters. The van der Waals surface area contributed by atoms with Gasteiger partial charge >= 0.3 is 12.1 Å². The van der Waals surface area contributed by atoms with Gasteiger partial charge in [0.2, 0.25) is 5.91 Å². The number of piperazine rings is 1. The van der Waals surface area contributed by atoms with Crippen molar-refractivity contribution in [1.29, 1.82) is 0 Å². The van der Waals surface area contributed by atoms with Crippen LogP contribution in [0.5, 0.6) is 0 Å². The molecule has 1 aromatic carbocycles. The second-order valence-corrected chi connectivity index (χ2v) is 9.61. The maximum atomic E-state index is 12.6. The van der Waals surface area contributed by atoms with Gasteiger partial charge in [-0.1, -0.05) is 30.3 Å². The quantitative estimate of drug-likeness (QED) is 0.626. The van der Waals surface area contributed by atoms with E-state index in [0.29, 0.717) is 38.6 Å². The number of hydrogen-bond acceptors (Lipinski definition) is 6. The van der Waals surface area contributed by atoms with Crippen LogP contribution in [0.3, 0.4) is 0 Å². The van der Waals surface area contributed by atoms with E-state index in [1.807, 2.05) is 60.9 Å². The summed E-state index contributed by atoms with van der Waals surface area (Å²) in [5, 5.41) is 0. The Morgan fingerprint density at radius 2 is 1.72 bits per heavy atom. The van der Waals surface area contributed by atoms with Crippen molar-refractivity contribution in [3.63, 3.8) is 0 Å². The number of esters is 1. The van der Waals surface area contributed by atoms with Crippen molar-refractivity contribution in [3.05, 3.63) is 35.9 Å². The van der Waals surface area contributed by atoms with Crippen molar-refractivity contribution in [2.75, 3.05) is 45.8 Å². The molecule has 2 aliphatic heterocycles. The standard InChI is InChI=1S/C24H35N3O5/c1-24(2,3)32-23(30)26-11-9-19(10-12-26)15-27-14-13-25(16-21(27)28)17-22(29)31-18-20-7-5-4-6-8-20/h4-8,19H,9-18H2,1-3H3.